The largest absolute Gasteiger partial charge is 0.308 e. The lowest BCUT2D eigenvalue weighted by Crippen LogP contribution is -1.77. The zero-order valence-corrected chi connectivity index (χ0v) is 4.33. The average Bonchev–Trinajstić information content (AvgIpc) is 1.90. The molecule has 0 aliphatic heterocycles. The van der Waals surface area contributed by atoms with Crippen LogP contribution < -0.4 is 0 Å². The molecule has 1 N–H and O–H groups in total. The molecule has 0 radical (unpaired) electrons. The molecule has 0 aliphatic carbocycles. The highest BCUT2D eigenvalue weighted by Crippen LogP contribution is 1.87. The van der Waals surface area contributed by atoms with Crippen molar-refractivity contribution >= 4 is 6.21 Å². The Morgan fingerprint density at radius 3 is 2.88 bits per heavy atom. The van der Waals surface area contributed by atoms with Crippen LogP contribution in [0.5, 0.6) is 0 Å². The maximum Gasteiger partial charge on any atom is 0.0355 e. The molecule has 0 spiro atoms. The fourth-order valence-electron chi connectivity index (χ4n) is 0.461. The molecule has 1 aromatic rings. The van der Waals surface area contributed by atoms with Gasteiger partial charge >= 0.3 is 0 Å². The van der Waals surface area contributed by atoms with Crippen LogP contribution in [0.25, 0.3) is 0 Å². The molecule has 0 aromatic carbocycles. The topological polar surface area (TPSA) is 36.7 Å². The lowest BCUT2D eigenvalue weighted by Gasteiger charge is -1.83. The number of hydrogen-bond acceptors (Lipinski definition) is 2. The Morgan fingerprint density at radius 2 is 2.50 bits per heavy atom. The van der Waals surface area contributed by atoms with Gasteiger partial charge in [-0.15, -0.1) is 0 Å². The van der Waals surface area contributed by atoms with Crippen LogP contribution in [-0.4, -0.2) is 11.2 Å². The Hall–Kier alpha value is -1.18. The van der Waals surface area contributed by atoms with Crippen molar-refractivity contribution in [3.05, 3.63) is 30.1 Å². The van der Waals surface area contributed by atoms with Crippen LogP contribution in [0, 0.1) is 5.41 Å². The molecular formula is C6H6N2. The van der Waals surface area contributed by atoms with Crippen molar-refractivity contribution < 1.29 is 0 Å². The molecule has 0 fully saturated rings. The first kappa shape index (κ1) is 4.97. The molecule has 8 heavy (non-hydrogen) atoms. The summed E-state index contributed by atoms with van der Waals surface area (Å²) in [4.78, 5) is 3.80. The van der Waals surface area contributed by atoms with E-state index < -0.39 is 0 Å². The van der Waals surface area contributed by atoms with Gasteiger partial charge in [-0.2, -0.15) is 0 Å². The van der Waals surface area contributed by atoms with E-state index >= 15 is 0 Å². The zero-order valence-electron chi connectivity index (χ0n) is 4.33. The fourth-order valence-corrected chi connectivity index (χ4v) is 0.461. The van der Waals surface area contributed by atoms with Gasteiger partial charge in [0, 0.05) is 24.2 Å². The van der Waals surface area contributed by atoms with E-state index in [-0.39, 0.29) is 0 Å². The second kappa shape index (κ2) is 2.21. The Labute approximate surface area is 47.7 Å². The lowest BCUT2D eigenvalue weighted by molar-refractivity contribution is 1.32. The second-order valence-corrected chi connectivity index (χ2v) is 1.43. The Morgan fingerprint density at radius 1 is 1.62 bits per heavy atom. The van der Waals surface area contributed by atoms with Gasteiger partial charge in [-0.3, -0.25) is 4.98 Å². The van der Waals surface area contributed by atoms with E-state index in [1.807, 2.05) is 6.07 Å². The summed E-state index contributed by atoms with van der Waals surface area (Å²) in [5.41, 5.74) is 0.840. The van der Waals surface area contributed by atoms with Crippen molar-refractivity contribution in [1.29, 1.82) is 5.41 Å². The maximum absolute atomic E-state index is 6.78. The minimum Gasteiger partial charge on any atom is -0.308 e. The summed E-state index contributed by atoms with van der Waals surface area (Å²) in [7, 11) is 0. The SMILES string of the molecule is N=Cc1cccnc1. The van der Waals surface area contributed by atoms with Gasteiger partial charge in [0.1, 0.15) is 0 Å². The van der Waals surface area contributed by atoms with Crippen molar-refractivity contribution in [3.63, 3.8) is 0 Å². The third kappa shape index (κ3) is 0.904. The van der Waals surface area contributed by atoms with Crippen molar-refractivity contribution in [2.24, 2.45) is 0 Å². The highest BCUT2D eigenvalue weighted by atomic mass is 14.6. The Balaban J connectivity index is 2.99. The van der Waals surface area contributed by atoms with Crippen molar-refractivity contribution in [3.8, 4) is 0 Å². The molecule has 2 heteroatoms. The first-order chi connectivity index (χ1) is 3.93. The van der Waals surface area contributed by atoms with Crippen LogP contribution >= 0.6 is 0 Å². The number of nitrogens with one attached hydrogen (secondary N) is 1. The van der Waals surface area contributed by atoms with Gasteiger partial charge in [-0.1, -0.05) is 6.07 Å². The number of nitrogens with zero attached hydrogens (tertiary/aromatic N) is 1. The molecule has 1 aromatic heterocycles. The minimum atomic E-state index is 0.840. The predicted octanol–water partition coefficient (Wildman–Crippen LogP) is 1.08. The summed E-state index contributed by atoms with van der Waals surface area (Å²) in [6.07, 6.45) is 4.60. The average molecular weight is 106 g/mol. The van der Waals surface area contributed by atoms with E-state index in [4.69, 9.17) is 5.41 Å². The molecule has 0 amide bonds. The monoisotopic (exact) mass is 106 g/mol. The van der Waals surface area contributed by atoms with Crippen LogP contribution in [0.15, 0.2) is 24.5 Å². The number of rotatable bonds is 1. The molecule has 0 saturated heterocycles. The smallest absolute Gasteiger partial charge is 0.0355 e. The van der Waals surface area contributed by atoms with E-state index in [2.05, 4.69) is 4.98 Å². The molecule has 2 nitrogen and oxygen atoms in total. The highest BCUT2D eigenvalue weighted by Gasteiger charge is 1.78. The summed E-state index contributed by atoms with van der Waals surface area (Å²) >= 11 is 0. The Bertz CT molecular complexity index is 169. The number of pyridine rings is 1. The fraction of sp³-hybridized carbons (Fsp3) is 0. The van der Waals surface area contributed by atoms with Gasteiger partial charge in [-0.05, 0) is 6.07 Å². The van der Waals surface area contributed by atoms with Gasteiger partial charge in [0.25, 0.3) is 0 Å². The summed E-state index contributed by atoms with van der Waals surface area (Å²) in [5, 5.41) is 6.78. The van der Waals surface area contributed by atoms with E-state index in [1.54, 1.807) is 18.5 Å². The molecule has 0 bridgehead atoms. The van der Waals surface area contributed by atoms with E-state index in [1.165, 1.54) is 6.21 Å². The van der Waals surface area contributed by atoms with Gasteiger partial charge in [0.05, 0.1) is 0 Å². The van der Waals surface area contributed by atoms with Crippen LogP contribution in [0.1, 0.15) is 5.56 Å². The first-order valence-corrected chi connectivity index (χ1v) is 2.34. The molecule has 1 rings (SSSR count). The van der Waals surface area contributed by atoms with Gasteiger partial charge in [0.2, 0.25) is 0 Å². The molecule has 0 unspecified atom stereocenters. The van der Waals surface area contributed by atoms with Gasteiger partial charge in [-0.25, -0.2) is 0 Å². The van der Waals surface area contributed by atoms with E-state index in [9.17, 15) is 0 Å². The van der Waals surface area contributed by atoms with Crippen molar-refractivity contribution in [2.75, 3.05) is 0 Å². The van der Waals surface area contributed by atoms with E-state index in [0.717, 1.165) is 5.56 Å². The molecule has 0 atom stereocenters. The second-order valence-electron chi connectivity index (χ2n) is 1.43. The quantitative estimate of drug-likeness (QED) is 0.534. The summed E-state index contributed by atoms with van der Waals surface area (Å²) in [6, 6.07) is 3.64. The summed E-state index contributed by atoms with van der Waals surface area (Å²) in [6.45, 7) is 0. The van der Waals surface area contributed by atoms with Crippen LogP contribution in [-0.2, 0) is 0 Å². The van der Waals surface area contributed by atoms with Crippen molar-refractivity contribution in [2.45, 2.75) is 0 Å². The number of aromatic nitrogens is 1. The molecule has 1 heterocycles. The predicted molar refractivity (Wildman–Crippen MR) is 32.1 cm³/mol. The normalized spacial score (nSPS) is 8.50. The maximum atomic E-state index is 6.78. The van der Waals surface area contributed by atoms with Crippen LogP contribution in [0.2, 0.25) is 0 Å². The van der Waals surface area contributed by atoms with Gasteiger partial charge < -0.3 is 5.41 Å². The lowest BCUT2D eigenvalue weighted by atomic mass is 10.3. The molecule has 0 saturated carbocycles. The van der Waals surface area contributed by atoms with Crippen molar-refractivity contribution in [1.82, 2.24) is 4.98 Å². The Kier molecular flexibility index (Phi) is 1.37. The molecular weight excluding hydrogens is 100 g/mol. The standard InChI is InChI=1S/C6H6N2/c7-4-6-2-1-3-8-5-6/h1-5,7H. The van der Waals surface area contributed by atoms with Gasteiger partial charge in [0.15, 0.2) is 0 Å². The van der Waals surface area contributed by atoms with Crippen LogP contribution in [0.3, 0.4) is 0 Å². The zero-order chi connectivity index (χ0) is 5.82. The molecule has 0 aliphatic rings. The molecule has 40 valence electrons. The highest BCUT2D eigenvalue weighted by molar-refractivity contribution is 5.75. The van der Waals surface area contributed by atoms with Crippen LogP contribution in [0.4, 0.5) is 0 Å². The first-order valence-electron chi connectivity index (χ1n) is 2.34. The number of hydrogen-bond donors (Lipinski definition) is 1. The third-order valence-electron chi connectivity index (χ3n) is 0.851. The minimum absolute atomic E-state index is 0.840. The summed E-state index contributed by atoms with van der Waals surface area (Å²) in [5.74, 6) is 0. The van der Waals surface area contributed by atoms with E-state index in [0.29, 0.717) is 0 Å². The summed E-state index contributed by atoms with van der Waals surface area (Å²) < 4.78 is 0. The third-order valence-corrected chi connectivity index (χ3v) is 0.851.